The van der Waals surface area contributed by atoms with Crippen LogP contribution in [0.25, 0.3) is 16.6 Å². The van der Waals surface area contributed by atoms with E-state index in [0.717, 1.165) is 17.4 Å². The van der Waals surface area contributed by atoms with E-state index in [0.29, 0.717) is 42.2 Å². The van der Waals surface area contributed by atoms with Crippen LogP contribution in [0.2, 0.25) is 0 Å². The molecule has 1 aromatic carbocycles. The highest BCUT2D eigenvalue weighted by Gasteiger charge is 2.40. The molecular formula is C24H23F2N5O2. The summed E-state index contributed by atoms with van der Waals surface area (Å²) in [5.74, 6) is -2.20. The van der Waals surface area contributed by atoms with E-state index in [-0.39, 0.29) is 29.6 Å². The number of rotatable bonds is 4. The van der Waals surface area contributed by atoms with Gasteiger partial charge in [0.1, 0.15) is 5.82 Å². The van der Waals surface area contributed by atoms with Gasteiger partial charge in [-0.2, -0.15) is 5.10 Å². The fourth-order valence-corrected chi connectivity index (χ4v) is 5.11. The average molecular weight is 451 g/mol. The largest absolute Gasteiger partial charge is 0.379 e. The molecule has 1 aliphatic heterocycles. The quantitative estimate of drug-likeness (QED) is 0.503. The summed E-state index contributed by atoms with van der Waals surface area (Å²) in [6.45, 7) is 3.06. The lowest BCUT2D eigenvalue weighted by Crippen LogP contribution is -2.24. The molecule has 2 aliphatic rings. The fourth-order valence-electron chi connectivity index (χ4n) is 5.11. The summed E-state index contributed by atoms with van der Waals surface area (Å²) >= 11 is 0. The van der Waals surface area contributed by atoms with Gasteiger partial charge in [-0.25, -0.2) is 18.3 Å². The van der Waals surface area contributed by atoms with E-state index in [4.69, 9.17) is 9.72 Å². The van der Waals surface area contributed by atoms with E-state index in [2.05, 4.69) is 10.4 Å². The van der Waals surface area contributed by atoms with Gasteiger partial charge in [0.25, 0.3) is 11.5 Å². The SMILES string of the molecule is C[C@@H](Nc1nc2ccnn2c2cc(=O)n([C@H]3CCOC3)cc12)c1cccc2c1CCC2(F)F. The predicted octanol–water partition coefficient (Wildman–Crippen LogP) is 4.22. The highest BCUT2D eigenvalue weighted by Crippen LogP contribution is 2.44. The lowest BCUT2D eigenvalue weighted by atomic mass is 9.97. The number of ether oxygens (including phenoxy) is 1. The third-order valence-electron chi connectivity index (χ3n) is 6.81. The zero-order valence-electron chi connectivity index (χ0n) is 18.1. The molecule has 33 heavy (non-hydrogen) atoms. The molecule has 1 fully saturated rings. The maximum Gasteiger partial charge on any atom is 0.273 e. The van der Waals surface area contributed by atoms with Gasteiger partial charge < -0.3 is 14.6 Å². The van der Waals surface area contributed by atoms with Crippen LogP contribution in [-0.2, 0) is 17.1 Å². The zero-order chi connectivity index (χ0) is 22.7. The number of alkyl halides is 2. The Labute approximate surface area is 188 Å². The van der Waals surface area contributed by atoms with E-state index >= 15 is 0 Å². The molecule has 0 saturated carbocycles. The monoisotopic (exact) mass is 451 g/mol. The minimum absolute atomic E-state index is 0.0277. The minimum Gasteiger partial charge on any atom is -0.379 e. The zero-order valence-corrected chi connectivity index (χ0v) is 18.1. The van der Waals surface area contributed by atoms with Crippen LogP contribution in [-0.4, -0.2) is 32.4 Å². The number of halogens is 2. The van der Waals surface area contributed by atoms with Crippen LogP contribution in [0.5, 0.6) is 0 Å². The van der Waals surface area contributed by atoms with Gasteiger partial charge in [-0.3, -0.25) is 4.79 Å². The van der Waals surface area contributed by atoms with Gasteiger partial charge in [-0.1, -0.05) is 18.2 Å². The van der Waals surface area contributed by atoms with Crippen LogP contribution >= 0.6 is 0 Å². The summed E-state index contributed by atoms with van der Waals surface area (Å²) in [7, 11) is 0. The summed E-state index contributed by atoms with van der Waals surface area (Å²) in [5.41, 5.74) is 2.78. The second-order valence-corrected chi connectivity index (χ2v) is 8.84. The summed E-state index contributed by atoms with van der Waals surface area (Å²) in [6.07, 6.45) is 4.40. The first-order valence-electron chi connectivity index (χ1n) is 11.2. The normalized spacial score (nSPS) is 20.4. The molecule has 1 saturated heterocycles. The molecule has 0 unspecified atom stereocenters. The van der Waals surface area contributed by atoms with Crippen molar-refractivity contribution in [2.45, 2.75) is 44.2 Å². The van der Waals surface area contributed by atoms with Crippen molar-refractivity contribution in [2.75, 3.05) is 18.5 Å². The molecule has 0 spiro atoms. The van der Waals surface area contributed by atoms with E-state index in [1.807, 2.05) is 19.2 Å². The number of hydrogen-bond donors (Lipinski definition) is 1. The van der Waals surface area contributed by atoms with Crippen molar-refractivity contribution in [3.63, 3.8) is 0 Å². The van der Waals surface area contributed by atoms with Crippen molar-refractivity contribution in [1.82, 2.24) is 19.2 Å². The fraction of sp³-hybridized carbons (Fsp3) is 0.375. The van der Waals surface area contributed by atoms with Crippen molar-refractivity contribution in [2.24, 2.45) is 0 Å². The highest BCUT2D eigenvalue weighted by atomic mass is 19.3. The summed E-state index contributed by atoms with van der Waals surface area (Å²) in [4.78, 5) is 17.6. The van der Waals surface area contributed by atoms with Crippen molar-refractivity contribution < 1.29 is 13.5 Å². The Morgan fingerprint density at radius 1 is 1.30 bits per heavy atom. The molecule has 2 atom stereocenters. The van der Waals surface area contributed by atoms with Crippen molar-refractivity contribution in [1.29, 1.82) is 0 Å². The first kappa shape index (κ1) is 20.3. The molecule has 0 bridgehead atoms. The van der Waals surface area contributed by atoms with Crippen LogP contribution in [0.15, 0.2) is 47.5 Å². The summed E-state index contributed by atoms with van der Waals surface area (Å²) < 4.78 is 37.4. The molecule has 4 heterocycles. The number of benzene rings is 1. The van der Waals surface area contributed by atoms with E-state index < -0.39 is 5.92 Å². The third-order valence-corrected chi connectivity index (χ3v) is 6.81. The van der Waals surface area contributed by atoms with Crippen LogP contribution in [0.3, 0.4) is 0 Å². The molecule has 0 radical (unpaired) electrons. The Balaban J connectivity index is 1.47. The minimum atomic E-state index is -2.79. The Morgan fingerprint density at radius 3 is 3.00 bits per heavy atom. The van der Waals surface area contributed by atoms with E-state index in [1.165, 1.54) is 6.07 Å². The lowest BCUT2D eigenvalue weighted by molar-refractivity contribution is -0.00184. The number of fused-ring (bicyclic) bond motifs is 4. The van der Waals surface area contributed by atoms with Crippen LogP contribution in [0.4, 0.5) is 14.6 Å². The molecule has 3 aromatic heterocycles. The number of hydrogen-bond acceptors (Lipinski definition) is 5. The first-order chi connectivity index (χ1) is 15.9. The molecule has 170 valence electrons. The summed E-state index contributed by atoms with van der Waals surface area (Å²) in [5, 5.41) is 8.50. The Hall–Kier alpha value is -3.33. The number of anilines is 1. The van der Waals surface area contributed by atoms with Gasteiger partial charge in [-0.15, -0.1) is 0 Å². The van der Waals surface area contributed by atoms with Crippen LogP contribution < -0.4 is 10.9 Å². The van der Waals surface area contributed by atoms with Gasteiger partial charge >= 0.3 is 0 Å². The Kier molecular flexibility index (Phi) is 4.52. The Bertz CT molecular complexity index is 1440. The van der Waals surface area contributed by atoms with Crippen molar-refractivity contribution >= 4 is 22.4 Å². The maximum atomic E-state index is 14.3. The van der Waals surface area contributed by atoms with Gasteiger partial charge in [-0.05, 0) is 30.9 Å². The van der Waals surface area contributed by atoms with E-state index in [9.17, 15) is 13.6 Å². The van der Waals surface area contributed by atoms with Gasteiger partial charge in [0.15, 0.2) is 5.65 Å². The van der Waals surface area contributed by atoms with Gasteiger partial charge in [0, 0.05) is 36.9 Å². The average Bonchev–Trinajstić information content (AvgIpc) is 3.54. The molecule has 1 aliphatic carbocycles. The Morgan fingerprint density at radius 2 is 2.18 bits per heavy atom. The first-order valence-corrected chi connectivity index (χ1v) is 11.2. The molecule has 7 nitrogen and oxygen atoms in total. The lowest BCUT2D eigenvalue weighted by Gasteiger charge is -2.21. The molecule has 0 amide bonds. The molecule has 4 aromatic rings. The number of nitrogens with one attached hydrogen (secondary N) is 1. The number of aromatic nitrogens is 4. The third kappa shape index (κ3) is 3.21. The van der Waals surface area contributed by atoms with Crippen molar-refractivity contribution in [3.05, 3.63) is 69.8 Å². The number of pyridine rings is 1. The van der Waals surface area contributed by atoms with Crippen LogP contribution in [0, 0.1) is 0 Å². The summed E-state index contributed by atoms with van der Waals surface area (Å²) in [6, 6.07) is 8.16. The topological polar surface area (TPSA) is 73.5 Å². The maximum absolute atomic E-state index is 14.3. The highest BCUT2D eigenvalue weighted by molar-refractivity contribution is 5.90. The molecule has 6 rings (SSSR count). The van der Waals surface area contributed by atoms with E-state index in [1.54, 1.807) is 33.5 Å². The van der Waals surface area contributed by atoms with Gasteiger partial charge in [0.2, 0.25) is 0 Å². The van der Waals surface area contributed by atoms with Gasteiger partial charge in [0.05, 0.1) is 35.8 Å². The predicted molar refractivity (Wildman–Crippen MR) is 120 cm³/mol. The standard InChI is InChI=1S/C24H23F2N5O2/c1-14(16-3-2-4-19-17(16)5-8-24(19,25)26)28-23-18-12-30(15-7-10-33-13-15)22(32)11-20(18)31-21(29-23)6-9-27-31/h2-4,6,9,11-12,14-15H,5,7-8,10,13H2,1H3,(H,28,29)/t14-,15+/m1/s1. The molecule has 1 N–H and O–H groups in total. The second kappa shape index (κ2) is 7.34. The molecular weight excluding hydrogens is 428 g/mol. The van der Waals surface area contributed by atoms with Crippen molar-refractivity contribution in [3.8, 4) is 0 Å². The second-order valence-electron chi connectivity index (χ2n) is 8.84. The number of nitrogens with zero attached hydrogens (tertiary/aromatic N) is 4. The molecule has 9 heteroatoms. The smallest absolute Gasteiger partial charge is 0.273 e. The van der Waals surface area contributed by atoms with Crippen LogP contribution in [0.1, 0.15) is 48.5 Å².